The number of nitrogens with zero attached hydrogens (tertiary/aromatic N) is 2. The largest absolute Gasteiger partial charge is 0.423 e. The molecule has 2 amide bonds. The molecule has 142 valence electrons. The molecular formula is C20H17N3O3S2. The summed E-state index contributed by atoms with van der Waals surface area (Å²) < 4.78 is 5.77. The second-order valence-electron chi connectivity index (χ2n) is 6.16. The van der Waals surface area contributed by atoms with Crippen LogP contribution >= 0.6 is 23.5 Å². The number of hydrogen-bond donors (Lipinski definition) is 1. The van der Waals surface area contributed by atoms with Crippen LogP contribution in [-0.4, -0.2) is 35.5 Å². The molecule has 0 atom stereocenters. The molecule has 6 nitrogen and oxygen atoms in total. The van der Waals surface area contributed by atoms with Crippen molar-refractivity contribution in [2.75, 3.05) is 24.2 Å². The van der Waals surface area contributed by atoms with Crippen LogP contribution in [-0.2, 0) is 4.79 Å². The first-order valence-electron chi connectivity index (χ1n) is 8.63. The van der Waals surface area contributed by atoms with Crippen LogP contribution in [0.4, 0.5) is 10.8 Å². The fourth-order valence-electron chi connectivity index (χ4n) is 2.65. The predicted molar refractivity (Wildman–Crippen MR) is 114 cm³/mol. The summed E-state index contributed by atoms with van der Waals surface area (Å²) in [6.45, 7) is 0.794. The number of thioether (sulfide) groups is 2. The maximum absolute atomic E-state index is 11.6. The summed E-state index contributed by atoms with van der Waals surface area (Å²) in [6.07, 6.45) is 1.72. The second kappa shape index (κ2) is 8.12. The maximum atomic E-state index is 11.6. The summed E-state index contributed by atoms with van der Waals surface area (Å²) in [4.78, 5) is 30.8. The Morgan fingerprint density at radius 1 is 1.18 bits per heavy atom. The van der Waals surface area contributed by atoms with E-state index in [0.29, 0.717) is 10.9 Å². The molecule has 28 heavy (non-hydrogen) atoms. The summed E-state index contributed by atoms with van der Waals surface area (Å²) >= 11 is 2.66. The van der Waals surface area contributed by atoms with Gasteiger partial charge in [0.1, 0.15) is 5.52 Å². The van der Waals surface area contributed by atoms with Gasteiger partial charge in [-0.15, -0.1) is 11.8 Å². The zero-order chi connectivity index (χ0) is 19.5. The van der Waals surface area contributed by atoms with Gasteiger partial charge >= 0.3 is 0 Å². The van der Waals surface area contributed by atoms with Crippen LogP contribution in [0.25, 0.3) is 17.2 Å². The fraction of sp³-hybridized carbons (Fsp3) is 0.150. The van der Waals surface area contributed by atoms with Crippen LogP contribution in [0.3, 0.4) is 0 Å². The minimum atomic E-state index is -0.337. The van der Waals surface area contributed by atoms with Crippen molar-refractivity contribution in [1.29, 1.82) is 0 Å². The minimum Gasteiger partial charge on any atom is -0.423 e. The molecule has 0 saturated carbocycles. The molecule has 1 N–H and O–H groups in total. The highest BCUT2D eigenvalue weighted by Crippen LogP contribution is 2.27. The quantitative estimate of drug-likeness (QED) is 0.476. The lowest BCUT2D eigenvalue weighted by atomic mass is 10.2. The third-order valence-corrected chi connectivity index (χ3v) is 5.93. The van der Waals surface area contributed by atoms with E-state index in [9.17, 15) is 9.59 Å². The summed E-state index contributed by atoms with van der Waals surface area (Å²) in [5.41, 5.74) is 2.54. The Labute approximate surface area is 170 Å². The first-order valence-corrected chi connectivity index (χ1v) is 10.4. The number of rotatable bonds is 6. The van der Waals surface area contributed by atoms with Crippen molar-refractivity contribution in [1.82, 2.24) is 10.3 Å². The average molecular weight is 412 g/mol. The van der Waals surface area contributed by atoms with Crippen LogP contribution in [0.2, 0.25) is 0 Å². The van der Waals surface area contributed by atoms with Crippen molar-refractivity contribution in [3.8, 4) is 0 Å². The van der Waals surface area contributed by atoms with E-state index in [1.807, 2.05) is 60.5 Å². The fourth-order valence-corrected chi connectivity index (χ4v) is 4.26. The van der Waals surface area contributed by atoms with Gasteiger partial charge in [0.2, 0.25) is 0 Å². The number of carbonyl (C=O) groups is 2. The molecule has 0 radical (unpaired) electrons. The standard InChI is InChI=1S/C20H17N3O3S2/c1-23(19-21-15-4-2-3-5-16(15)26-19)10-11-27-14-8-6-13(7-9-14)12-17-18(24)22-20(25)28-17/h2-9,12H,10-11H2,1H3,(H,22,24,25)/b17-12-. The van der Waals surface area contributed by atoms with E-state index in [2.05, 4.69) is 10.3 Å². The van der Waals surface area contributed by atoms with E-state index < -0.39 is 0 Å². The van der Waals surface area contributed by atoms with Gasteiger partial charge in [-0.1, -0.05) is 24.3 Å². The van der Waals surface area contributed by atoms with Gasteiger partial charge in [-0.05, 0) is 47.7 Å². The summed E-state index contributed by atoms with van der Waals surface area (Å²) in [5, 5.41) is 1.93. The van der Waals surface area contributed by atoms with Gasteiger partial charge < -0.3 is 9.32 Å². The van der Waals surface area contributed by atoms with Crippen LogP contribution in [0.15, 0.2) is 62.7 Å². The molecule has 4 rings (SSSR count). The first-order chi connectivity index (χ1) is 13.6. The van der Waals surface area contributed by atoms with Crippen molar-refractivity contribution in [2.24, 2.45) is 0 Å². The highest BCUT2D eigenvalue weighted by Gasteiger charge is 2.24. The Balaban J connectivity index is 1.32. The molecule has 0 spiro atoms. The van der Waals surface area contributed by atoms with Crippen LogP contribution < -0.4 is 10.2 Å². The average Bonchev–Trinajstić information content (AvgIpc) is 3.26. The number of nitrogens with one attached hydrogen (secondary N) is 1. The Hall–Kier alpha value is -2.71. The third-order valence-electron chi connectivity index (χ3n) is 4.12. The summed E-state index contributed by atoms with van der Waals surface area (Å²) in [6, 6.07) is 16.2. The highest BCUT2D eigenvalue weighted by atomic mass is 32.2. The number of para-hydroxylation sites is 2. The molecule has 1 aliphatic rings. The number of imide groups is 1. The predicted octanol–water partition coefficient (Wildman–Crippen LogP) is 4.38. The number of benzene rings is 2. The van der Waals surface area contributed by atoms with E-state index in [1.54, 1.807) is 17.8 Å². The van der Waals surface area contributed by atoms with Crippen LogP contribution in [0.5, 0.6) is 0 Å². The number of anilines is 1. The number of carbonyl (C=O) groups excluding carboxylic acids is 2. The molecule has 1 aromatic heterocycles. The van der Waals surface area contributed by atoms with E-state index in [4.69, 9.17) is 4.42 Å². The van der Waals surface area contributed by atoms with Gasteiger partial charge in [0.05, 0.1) is 4.91 Å². The number of hydrogen-bond acceptors (Lipinski definition) is 7. The van der Waals surface area contributed by atoms with Gasteiger partial charge in [-0.2, -0.15) is 4.98 Å². The third kappa shape index (κ3) is 4.23. The number of aromatic nitrogens is 1. The summed E-state index contributed by atoms with van der Waals surface area (Å²) in [5.74, 6) is 0.540. The van der Waals surface area contributed by atoms with Crippen molar-refractivity contribution < 1.29 is 14.0 Å². The van der Waals surface area contributed by atoms with E-state index in [0.717, 1.165) is 45.6 Å². The lowest BCUT2D eigenvalue weighted by Gasteiger charge is -2.13. The van der Waals surface area contributed by atoms with E-state index in [-0.39, 0.29) is 11.1 Å². The molecule has 0 unspecified atom stereocenters. The zero-order valence-electron chi connectivity index (χ0n) is 15.0. The highest BCUT2D eigenvalue weighted by molar-refractivity contribution is 8.18. The number of fused-ring (bicyclic) bond motifs is 1. The lowest BCUT2D eigenvalue weighted by Crippen LogP contribution is -2.20. The SMILES string of the molecule is CN(CCSc1ccc(/C=C2\SC(=O)NC2=O)cc1)c1nc2ccccc2o1. The van der Waals surface area contributed by atoms with Crippen molar-refractivity contribution in [3.05, 3.63) is 59.0 Å². The molecular weight excluding hydrogens is 394 g/mol. The molecule has 3 aromatic rings. The van der Waals surface area contributed by atoms with Crippen LogP contribution in [0, 0.1) is 0 Å². The molecule has 0 bridgehead atoms. The van der Waals surface area contributed by atoms with Crippen molar-refractivity contribution in [2.45, 2.75) is 4.90 Å². The molecule has 8 heteroatoms. The molecule has 1 fully saturated rings. The molecule has 0 aliphatic carbocycles. The number of amides is 2. The lowest BCUT2D eigenvalue weighted by molar-refractivity contribution is -0.115. The van der Waals surface area contributed by atoms with E-state index in [1.165, 1.54) is 0 Å². The van der Waals surface area contributed by atoms with Gasteiger partial charge in [-0.25, -0.2) is 0 Å². The van der Waals surface area contributed by atoms with Crippen LogP contribution in [0.1, 0.15) is 5.56 Å². The Morgan fingerprint density at radius 3 is 2.68 bits per heavy atom. The monoisotopic (exact) mass is 411 g/mol. The van der Waals surface area contributed by atoms with Crippen molar-refractivity contribution in [3.63, 3.8) is 0 Å². The van der Waals surface area contributed by atoms with Crippen molar-refractivity contribution >= 4 is 57.9 Å². The molecule has 1 aliphatic heterocycles. The normalized spacial score (nSPS) is 15.4. The smallest absolute Gasteiger partial charge is 0.298 e. The Bertz CT molecular complexity index is 1030. The molecule has 2 aromatic carbocycles. The minimum absolute atomic E-state index is 0.327. The number of oxazole rings is 1. The maximum Gasteiger partial charge on any atom is 0.298 e. The van der Waals surface area contributed by atoms with Gasteiger partial charge in [0.15, 0.2) is 5.58 Å². The summed E-state index contributed by atoms with van der Waals surface area (Å²) in [7, 11) is 1.96. The first kappa shape index (κ1) is 18.6. The Kier molecular flexibility index (Phi) is 5.40. The zero-order valence-corrected chi connectivity index (χ0v) is 16.7. The molecule has 1 saturated heterocycles. The Morgan fingerprint density at radius 2 is 1.96 bits per heavy atom. The topological polar surface area (TPSA) is 75.4 Å². The van der Waals surface area contributed by atoms with E-state index >= 15 is 0 Å². The van der Waals surface area contributed by atoms with Gasteiger partial charge in [-0.3, -0.25) is 14.9 Å². The van der Waals surface area contributed by atoms with Gasteiger partial charge in [0.25, 0.3) is 17.2 Å². The van der Waals surface area contributed by atoms with Gasteiger partial charge in [0, 0.05) is 24.2 Å². The second-order valence-corrected chi connectivity index (χ2v) is 8.34. The molecule has 2 heterocycles.